The molecule has 1 fully saturated rings. The Bertz CT molecular complexity index is 866. The molecule has 28 heavy (non-hydrogen) atoms. The molecule has 1 amide bonds. The Balaban J connectivity index is 1.69. The van der Waals surface area contributed by atoms with Gasteiger partial charge in [0.2, 0.25) is 0 Å². The van der Waals surface area contributed by atoms with E-state index < -0.39 is 0 Å². The van der Waals surface area contributed by atoms with Crippen molar-refractivity contribution in [3.63, 3.8) is 0 Å². The van der Waals surface area contributed by atoms with E-state index in [2.05, 4.69) is 51.8 Å². The molecule has 152 valence electrons. The van der Waals surface area contributed by atoms with E-state index in [1.54, 1.807) is 29.7 Å². The molecule has 4 rings (SSSR count). The smallest absolute Gasteiger partial charge is 0.295 e. The lowest BCUT2D eigenvalue weighted by molar-refractivity contribution is 0.0557. The van der Waals surface area contributed by atoms with E-state index >= 15 is 0 Å². The number of hydrogen-bond acceptors (Lipinski definition) is 5. The number of carbonyl (C=O) groups excluding carboxylic acids is 1. The molecule has 6 heteroatoms. The maximum Gasteiger partial charge on any atom is 0.295 e. The van der Waals surface area contributed by atoms with Crippen LogP contribution in [-0.4, -0.2) is 34.6 Å². The van der Waals surface area contributed by atoms with Crippen LogP contribution in [0.3, 0.4) is 0 Å². The van der Waals surface area contributed by atoms with Crippen molar-refractivity contribution in [1.82, 2.24) is 10.2 Å². The number of hydrogen-bond donors (Lipinski definition) is 1. The number of nitrogens with one attached hydrogen (secondary N) is 1. The maximum absolute atomic E-state index is 13.2. The first-order chi connectivity index (χ1) is 13.1. The third-order valence-electron chi connectivity index (χ3n) is 6.08. The van der Waals surface area contributed by atoms with Crippen LogP contribution in [-0.2, 0) is 6.54 Å². The second-order valence-electron chi connectivity index (χ2n) is 9.62. The van der Waals surface area contributed by atoms with Crippen molar-refractivity contribution in [2.45, 2.75) is 78.0 Å². The first kappa shape index (κ1) is 19.7. The van der Waals surface area contributed by atoms with Crippen LogP contribution in [0.25, 0.3) is 0 Å². The molecular weight excluding hydrogens is 370 g/mol. The first-order valence-electron chi connectivity index (χ1n) is 10.0. The zero-order valence-corrected chi connectivity index (χ0v) is 18.6. The molecule has 1 N–H and O–H groups in total. The van der Waals surface area contributed by atoms with Gasteiger partial charge in [0, 0.05) is 34.1 Å². The average molecular weight is 402 g/mol. The minimum atomic E-state index is -0.0512. The molecular formula is C22H31N3O2S. The third-order valence-corrected chi connectivity index (χ3v) is 7.35. The van der Waals surface area contributed by atoms with E-state index in [4.69, 9.17) is 4.42 Å². The number of anilines is 1. The summed E-state index contributed by atoms with van der Waals surface area (Å²) in [4.78, 5) is 18.9. The van der Waals surface area contributed by atoms with Crippen molar-refractivity contribution in [2.24, 2.45) is 0 Å². The van der Waals surface area contributed by atoms with Crippen LogP contribution in [0.4, 0.5) is 5.00 Å². The number of nitrogens with zero attached hydrogens (tertiary/aromatic N) is 2. The van der Waals surface area contributed by atoms with Crippen LogP contribution in [0, 0.1) is 13.8 Å². The lowest BCUT2D eigenvalue weighted by Gasteiger charge is -2.51. The quantitative estimate of drug-likeness (QED) is 0.793. The van der Waals surface area contributed by atoms with Gasteiger partial charge in [0.15, 0.2) is 5.76 Å². The van der Waals surface area contributed by atoms with Crippen molar-refractivity contribution < 1.29 is 9.21 Å². The fourth-order valence-electron chi connectivity index (χ4n) is 5.02. The van der Waals surface area contributed by atoms with Gasteiger partial charge in [-0.3, -0.25) is 14.6 Å². The zero-order valence-electron chi connectivity index (χ0n) is 17.8. The van der Waals surface area contributed by atoms with Gasteiger partial charge in [-0.2, -0.15) is 0 Å². The topological polar surface area (TPSA) is 48.7 Å². The number of thiophene rings is 1. The highest BCUT2D eigenvalue weighted by atomic mass is 32.1. The summed E-state index contributed by atoms with van der Waals surface area (Å²) in [5, 5.41) is 4.86. The van der Waals surface area contributed by atoms with E-state index in [9.17, 15) is 4.79 Å². The molecule has 0 aliphatic carbocycles. The van der Waals surface area contributed by atoms with Gasteiger partial charge < -0.3 is 9.73 Å². The monoisotopic (exact) mass is 401 g/mol. The van der Waals surface area contributed by atoms with E-state index in [0.29, 0.717) is 18.5 Å². The number of fused-ring (bicyclic) bond motifs is 1. The van der Waals surface area contributed by atoms with Gasteiger partial charge >= 0.3 is 0 Å². The lowest BCUT2D eigenvalue weighted by Crippen LogP contribution is -2.63. The Morgan fingerprint density at radius 2 is 1.89 bits per heavy atom. The van der Waals surface area contributed by atoms with Crippen LogP contribution in [0.1, 0.15) is 67.1 Å². The number of amides is 1. The predicted molar refractivity (Wildman–Crippen MR) is 114 cm³/mol. The Morgan fingerprint density at radius 1 is 1.21 bits per heavy atom. The molecule has 0 aromatic carbocycles. The van der Waals surface area contributed by atoms with Gasteiger partial charge in [-0.1, -0.05) is 0 Å². The Hall–Kier alpha value is -1.63. The second kappa shape index (κ2) is 6.71. The van der Waals surface area contributed by atoms with Gasteiger partial charge in [0.25, 0.3) is 5.91 Å². The van der Waals surface area contributed by atoms with Crippen LogP contribution < -0.4 is 10.2 Å². The van der Waals surface area contributed by atoms with Gasteiger partial charge in [-0.15, -0.1) is 11.3 Å². The van der Waals surface area contributed by atoms with Gasteiger partial charge in [-0.25, -0.2) is 0 Å². The molecule has 2 aromatic rings. The molecule has 0 radical (unpaired) electrons. The second-order valence-corrected chi connectivity index (χ2v) is 10.8. The lowest BCUT2D eigenvalue weighted by atomic mass is 9.79. The molecule has 0 unspecified atom stereocenters. The summed E-state index contributed by atoms with van der Waals surface area (Å²) in [6, 6.07) is 3.95. The Kier molecular flexibility index (Phi) is 4.72. The third kappa shape index (κ3) is 3.53. The summed E-state index contributed by atoms with van der Waals surface area (Å²) < 4.78 is 5.43. The molecule has 2 aromatic heterocycles. The van der Waals surface area contributed by atoms with Gasteiger partial charge in [0.1, 0.15) is 5.00 Å². The van der Waals surface area contributed by atoms with Gasteiger partial charge in [-0.05, 0) is 72.1 Å². The standard InChI is InChI=1S/C22H31N3O2S/c1-14-15(2)28-20-17(14)12-24(13-25(20)19(26)18-8-7-9-27-18)16-10-21(3,4)23-22(5,6)11-16/h7-9,16,23H,10-13H2,1-6H3. The summed E-state index contributed by atoms with van der Waals surface area (Å²) in [7, 11) is 0. The summed E-state index contributed by atoms with van der Waals surface area (Å²) in [6.07, 6.45) is 3.70. The molecule has 0 atom stereocenters. The van der Waals surface area contributed by atoms with Crippen molar-refractivity contribution >= 4 is 22.2 Å². The van der Waals surface area contributed by atoms with Crippen molar-refractivity contribution in [1.29, 1.82) is 0 Å². The first-order valence-corrected chi connectivity index (χ1v) is 10.9. The van der Waals surface area contributed by atoms with E-state index in [0.717, 1.165) is 24.4 Å². The number of carbonyl (C=O) groups is 1. The van der Waals surface area contributed by atoms with E-state index in [1.807, 2.05) is 4.90 Å². The van der Waals surface area contributed by atoms with Crippen LogP contribution >= 0.6 is 11.3 Å². The Morgan fingerprint density at radius 3 is 2.50 bits per heavy atom. The fraction of sp³-hybridized carbons (Fsp3) is 0.591. The molecule has 0 bridgehead atoms. The summed E-state index contributed by atoms with van der Waals surface area (Å²) in [5.74, 6) is 0.354. The molecule has 0 saturated carbocycles. The normalized spacial score (nSPS) is 22.3. The largest absolute Gasteiger partial charge is 0.459 e. The molecule has 2 aliphatic rings. The minimum absolute atomic E-state index is 0.0512. The number of rotatable bonds is 2. The molecule has 4 heterocycles. The molecule has 5 nitrogen and oxygen atoms in total. The van der Waals surface area contributed by atoms with Crippen molar-refractivity contribution in [2.75, 3.05) is 11.6 Å². The van der Waals surface area contributed by atoms with Crippen LogP contribution in [0.2, 0.25) is 0 Å². The highest BCUT2D eigenvalue weighted by Crippen LogP contribution is 2.42. The number of furan rings is 1. The maximum atomic E-state index is 13.2. The highest BCUT2D eigenvalue weighted by molar-refractivity contribution is 7.16. The van der Waals surface area contributed by atoms with Crippen LogP contribution in [0.5, 0.6) is 0 Å². The zero-order chi connectivity index (χ0) is 20.3. The summed E-state index contributed by atoms with van der Waals surface area (Å²) >= 11 is 1.72. The summed E-state index contributed by atoms with van der Waals surface area (Å²) in [6.45, 7) is 15.0. The number of aryl methyl sites for hydroxylation is 1. The van der Waals surface area contributed by atoms with E-state index in [-0.39, 0.29) is 17.0 Å². The molecule has 2 aliphatic heterocycles. The predicted octanol–water partition coefficient (Wildman–Crippen LogP) is 4.69. The fourth-order valence-corrected chi connectivity index (χ4v) is 6.18. The number of piperidine rings is 1. The molecule has 0 spiro atoms. The SMILES string of the molecule is Cc1sc2c(c1C)CN(C1CC(C)(C)NC(C)(C)C1)CN2C(=O)c1ccco1. The van der Waals surface area contributed by atoms with E-state index in [1.165, 1.54) is 16.0 Å². The Labute approximate surface area is 171 Å². The minimum Gasteiger partial charge on any atom is -0.459 e. The van der Waals surface area contributed by atoms with Gasteiger partial charge in [0.05, 0.1) is 12.9 Å². The van der Waals surface area contributed by atoms with Crippen molar-refractivity contribution in [3.05, 3.63) is 40.2 Å². The van der Waals surface area contributed by atoms with Crippen molar-refractivity contribution in [3.8, 4) is 0 Å². The summed E-state index contributed by atoms with van der Waals surface area (Å²) in [5.41, 5.74) is 2.75. The van der Waals surface area contributed by atoms with Crippen LogP contribution in [0.15, 0.2) is 22.8 Å². The molecule has 1 saturated heterocycles. The highest BCUT2D eigenvalue weighted by Gasteiger charge is 2.42. The average Bonchev–Trinajstić information content (AvgIpc) is 3.20.